The maximum atomic E-state index is 12.2. The van der Waals surface area contributed by atoms with E-state index in [0.717, 1.165) is 33.5 Å². The Labute approximate surface area is 185 Å². The van der Waals surface area contributed by atoms with E-state index in [9.17, 15) is 4.79 Å². The molecule has 0 aliphatic rings. The number of aryl methyl sites for hydroxylation is 1. The first kappa shape index (κ1) is 20.6. The summed E-state index contributed by atoms with van der Waals surface area (Å²) < 4.78 is 7.74. The third-order valence-electron chi connectivity index (χ3n) is 4.90. The van der Waals surface area contributed by atoms with Crippen molar-refractivity contribution in [1.82, 2.24) is 15.0 Å². The van der Waals surface area contributed by atoms with E-state index in [2.05, 4.69) is 20.1 Å². The molecule has 31 heavy (non-hydrogen) atoms. The fourth-order valence-electron chi connectivity index (χ4n) is 3.45. The van der Waals surface area contributed by atoms with Gasteiger partial charge in [0.2, 0.25) is 0 Å². The first-order chi connectivity index (χ1) is 15.0. The van der Waals surface area contributed by atoms with Crippen LogP contribution in [0.15, 0.2) is 72.0 Å². The molecule has 6 nitrogen and oxygen atoms in total. The van der Waals surface area contributed by atoms with Crippen LogP contribution in [0.3, 0.4) is 0 Å². The van der Waals surface area contributed by atoms with Crippen LogP contribution in [0.2, 0.25) is 5.02 Å². The lowest BCUT2D eigenvalue weighted by Crippen LogP contribution is -2.24. The minimum Gasteiger partial charge on any atom is -0.481 e. The number of carbonyl (C=O) groups excluding carboxylic acids is 1. The van der Waals surface area contributed by atoms with Crippen molar-refractivity contribution in [2.75, 3.05) is 6.61 Å². The van der Waals surface area contributed by atoms with Crippen molar-refractivity contribution in [3.8, 4) is 11.4 Å². The molecule has 0 saturated heterocycles. The van der Waals surface area contributed by atoms with Crippen molar-refractivity contribution >= 4 is 34.6 Å². The van der Waals surface area contributed by atoms with Gasteiger partial charge in [0, 0.05) is 39.2 Å². The summed E-state index contributed by atoms with van der Waals surface area (Å²) in [6.07, 6.45) is 3.33. The Hall–Kier alpha value is -3.64. The number of hydrazone groups is 1. The Balaban J connectivity index is 1.40. The van der Waals surface area contributed by atoms with Gasteiger partial charge in [0.1, 0.15) is 11.3 Å². The van der Waals surface area contributed by atoms with E-state index >= 15 is 0 Å². The molecular formula is C24H21ClN4O2. The number of hydrogen-bond acceptors (Lipinski definition) is 4. The van der Waals surface area contributed by atoms with Gasteiger partial charge in [-0.05, 0) is 56.3 Å². The summed E-state index contributed by atoms with van der Waals surface area (Å²) >= 11 is 5.99. The molecule has 4 rings (SSSR count). The zero-order chi connectivity index (χ0) is 21.8. The first-order valence-electron chi connectivity index (χ1n) is 9.76. The molecule has 0 aliphatic heterocycles. The molecular weight excluding hydrogens is 412 g/mol. The number of rotatable bonds is 6. The quantitative estimate of drug-likeness (QED) is 0.350. The molecule has 0 bridgehead atoms. The van der Waals surface area contributed by atoms with Gasteiger partial charge in [-0.15, -0.1) is 0 Å². The second kappa shape index (κ2) is 9.02. The van der Waals surface area contributed by atoms with Crippen LogP contribution in [0.5, 0.6) is 5.75 Å². The molecule has 156 valence electrons. The Kier molecular flexibility index (Phi) is 6.00. The maximum Gasteiger partial charge on any atom is 0.277 e. The van der Waals surface area contributed by atoms with Crippen molar-refractivity contribution < 1.29 is 9.53 Å². The van der Waals surface area contributed by atoms with Crippen LogP contribution >= 0.6 is 11.6 Å². The van der Waals surface area contributed by atoms with Gasteiger partial charge in [-0.1, -0.05) is 29.8 Å². The Morgan fingerprint density at radius 3 is 2.74 bits per heavy atom. The van der Waals surface area contributed by atoms with Gasteiger partial charge in [-0.2, -0.15) is 5.10 Å². The number of pyridine rings is 1. The summed E-state index contributed by atoms with van der Waals surface area (Å²) in [4.78, 5) is 16.5. The molecule has 0 unspecified atom stereocenters. The molecule has 2 aromatic carbocycles. The van der Waals surface area contributed by atoms with E-state index in [4.69, 9.17) is 16.3 Å². The van der Waals surface area contributed by atoms with E-state index in [0.29, 0.717) is 10.8 Å². The summed E-state index contributed by atoms with van der Waals surface area (Å²) in [5.74, 6) is 0.208. The molecule has 0 atom stereocenters. The standard InChI is InChI=1S/C24H21ClN4O2/c1-16-13-19(17(2)29(16)21-10-8-20(25)9-11-21)14-27-28-23(30)15-31-22-7-3-5-18-6-4-12-26-24(18)22/h3-14H,15H2,1-2H3,(H,28,30)/b27-14+. The van der Waals surface area contributed by atoms with Crippen LogP contribution in [-0.4, -0.2) is 28.3 Å². The third kappa shape index (κ3) is 4.59. The summed E-state index contributed by atoms with van der Waals surface area (Å²) in [6, 6.07) is 19.1. The molecule has 2 aromatic heterocycles. The molecule has 0 radical (unpaired) electrons. The lowest BCUT2D eigenvalue weighted by atomic mass is 10.2. The number of nitrogens with zero attached hydrogens (tertiary/aromatic N) is 3. The number of ether oxygens (including phenoxy) is 1. The molecule has 0 aliphatic carbocycles. The topological polar surface area (TPSA) is 68.5 Å². The van der Waals surface area contributed by atoms with Gasteiger partial charge < -0.3 is 9.30 Å². The molecule has 1 amide bonds. The van der Waals surface area contributed by atoms with E-state index < -0.39 is 0 Å². The van der Waals surface area contributed by atoms with Gasteiger partial charge >= 0.3 is 0 Å². The van der Waals surface area contributed by atoms with Gasteiger partial charge in [0.15, 0.2) is 6.61 Å². The first-order valence-corrected chi connectivity index (χ1v) is 10.1. The molecule has 0 fully saturated rings. The van der Waals surface area contributed by atoms with Crippen LogP contribution in [0, 0.1) is 13.8 Å². The van der Waals surface area contributed by atoms with Crippen molar-refractivity contribution in [3.63, 3.8) is 0 Å². The summed E-state index contributed by atoms with van der Waals surface area (Å²) in [5.41, 5.74) is 7.22. The predicted molar refractivity (Wildman–Crippen MR) is 123 cm³/mol. The number of amides is 1. The summed E-state index contributed by atoms with van der Waals surface area (Å²) in [5, 5.41) is 5.73. The fraction of sp³-hybridized carbons (Fsp3) is 0.125. The number of hydrogen-bond donors (Lipinski definition) is 1. The van der Waals surface area contributed by atoms with Crippen LogP contribution in [0.1, 0.15) is 17.0 Å². The fourth-order valence-corrected chi connectivity index (χ4v) is 3.57. The van der Waals surface area contributed by atoms with Gasteiger partial charge in [-0.25, -0.2) is 5.43 Å². The average molecular weight is 433 g/mol. The maximum absolute atomic E-state index is 12.2. The number of para-hydroxylation sites is 1. The van der Waals surface area contributed by atoms with E-state index in [-0.39, 0.29) is 12.5 Å². The van der Waals surface area contributed by atoms with Gasteiger partial charge in [0.25, 0.3) is 5.91 Å². The molecule has 4 aromatic rings. The predicted octanol–water partition coefficient (Wildman–Crippen LogP) is 4.82. The molecule has 1 N–H and O–H groups in total. The lowest BCUT2D eigenvalue weighted by molar-refractivity contribution is -0.123. The number of nitrogens with one attached hydrogen (secondary N) is 1. The van der Waals surface area contributed by atoms with Crippen LogP contribution in [0.25, 0.3) is 16.6 Å². The third-order valence-corrected chi connectivity index (χ3v) is 5.15. The zero-order valence-corrected chi connectivity index (χ0v) is 17.9. The highest BCUT2D eigenvalue weighted by molar-refractivity contribution is 6.30. The van der Waals surface area contributed by atoms with Gasteiger partial charge in [0.05, 0.1) is 6.21 Å². The van der Waals surface area contributed by atoms with Crippen molar-refractivity contribution in [1.29, 1.82) is 0 Å². The number of halogens is 1. The molecule has 7 heteroatoms. The normalized spacial score (nSPS) is 11.2. The van der Waals surface area contributed by atoms with E-state index in [1.165, 1.54) is 0 Å². The molecule has 0 spiro atoms. The molecule has 0 saturated carbocycles. The Morgan fingerprint density at radius 2 is 1.94 bits per heavy atom. The largest absolute Gasteiger partial charge is 0.481 e. The van der Waals surface area contributed by atoms with E-state index in [1.54, 1.807) is 18.5 Å². The average Bonchev–Trinajstić information content (AvgIpc) is 3.06. The summed E-state index contributed by atoms with van der Waals surface area (Å²) in [6.45, 7) is 3.86. The number of aromatic nitrogens is 2. The highest BCUT2D eigenvalue weighted by Gasteiger charge is 2.10. The van der Waals surface area contributed by atoms with Crippen molar-refractivity contribution in [3.05, 3.63) is 88.8 Å². The highest BCUT2D eigenvalue weighted by atomic mass is 35.5. The van der Waals surface area contributed by atoms with Gasteiger partial charge in [-0.3, -0.25) is 9.78 Å². The monoisotopic (exact) mass is 432 g/mol. The Bertz CT molecular complexity index is 1260. The number of fused-ring (bicyclic) bond motifs is 1. The minimum absolute atomic E-state index is 0.156. The smallest absolute Gasteiger partial charge is 0.277 e. The number of benzene rings is 2. The SMILES string of the molecule is Cc1cc(/C=N/NC(=O)COc2cccc3cccnc23)c(C)n1-c1ccc(Cl)cc1. The van der Waals surface area contributed by atoms with Crippen LogP contribution in [0.4, 0.5) is 0 Å². The summed E-state index contributed by atoms with van der Waals surface area (Å²) in [7, 11) is 0. The number of carbonyl (C=O) groups is 1. The molecule has 2 heterocycles. The van der Waals surface area contributed by atoms with Crippen LogP contribution in [-0.2, 0) is 4.79 Å². The lowest BCUT2D eigenvalue weighted by Gasteiger charge is -2.09. The highest BCUT2D eigenvalue weighted by Crippen LogP contribution is 2.23. The van der Waals surface area contributed by atoms with E-state index in [1.807, 2.05) is 68.4 Å². The minimum atomic E-state index is -0.351. The Morgan fingerprint density at radius 1 is 1.16 bits per heavy atom. The second-order valence-electron chi connectivity index (χ2n) is 7.05. The van der Waals surface area contributed by atoms with Crippen LogP contribution < -0.4 is 10.2 Å². The zero-order valence-electron chi connectivity index (χ0n) is 17.2. The van der Waals surface area contributed by atoms with Crippen molar-refractivity contribution in [2.24, 2.45) is 5.10 Å². The second-order valence-corrected chi connectivity index (χ2v) is 7.49. The van der Waals surface area contributed by atoms with Crippen molar-refractivity contribution in [2.45, 2.75) is 13.8 Å².